The van der Waals surface area contributed by atoms with Crippen LogP contribution in [0.4, 0.5) is 0 Å². The highest BCUT2D eigenvalue weighted by atomic mass is 14.3. The van der Waals surface area contributed by atoms with Gasteiger partial charge in [-0.2, -0.15) is 0 Å². The van der Waals surface area contributed by atoms with Crippen LogP contribution in [0.5, 0.6) is 0 Å². The highest BCUT2D eigenvalue weighted by molar-refractivity contribution is 4.96. The molecule has 0 N–H and O–H groups in total. The molecule has 0 aromatic carbocycles. The fourth-order valence-corrected chi connectivity index (χ4v) is 2.28. The van der Waals surface area contributed by atoms with Gasteiger partial charge in [-0.25, -0.2) is 0 Å². The number of hydrogen-bond donors (Lipinski definition) is 0. The Kier molecular flexibility index (Phi) is 1.33. The molecule has 0 aromatic rings. The van der Waals surface area contributed by atoms with Gasteiger partial charge in [-0.3, -0.25) is 0 Å². The van der Waals surface area contributed by atoms with Gasteiger partial charge in [0.25, 0.3) is 0 Å². The standard InChI is InChI=1S/C9H14/c1-2-5-9-7-3-6-8(9)4-1/h1-2,8-9H,3-7H2/t8-,9+. The Hall–Kier alpha value is -0.260. The van der Waals surface area contributed by atoms with Gasteiger partial charge in [0.05, 0.1) is 0 Å². The predicted octanol–water partition coefficient (Wildman–Crippen LogP) is 2.75. The summed E-state index contributed by atoms with van der Waals surface area (Å²) in [6, 6.07) is 0. The van der Waals surface area contributed by atoms with Crippen LogP contribution in [0.15, 0.2) is 12.2 Å². The summed E-state index contributed by atoms with van der Waals surface area (Å²) in [5.41, 5.74) is 0. The molecule has 0 amide bonds. The molecule has 1 saturated carbocycles. The summed E-state index contributed by atoms with van der Waals surface area (Å²) in [6.45, 7) is 0. The van der Waals surface area contributed by atoms with E-state index in [1.165, 1.54) is 32.1 Å². The van der Waals surface area contributed by atoms with E-state index in [1.807, 2.05) is 0 Å². The van der Waals surface area contributed by atoms with E-state index < -0.39 is 0 Å². The van der Waals surface area contributed by atoms with Crippen molar-refractivity contribution in [2.45, 2.75) is 32.1 Å². The van der Waals surface area contributed by atoms with Crippen molar-refractivity contribution in [3.8, 4) is 0 Å². The summed E-state index contributed by atoms with van der Waals surface area (Å²) in [4.78, 5) is 0. The minimum absolute atomic E-state index is 1.08. The van der Waals surface area contributed by atoms with Gasteiger partial charge in [-0.05, 0) is 37.5 Å². The van der Waals surface area contributed by atoms with Gasteiger partial charge in [-0.15, -0.1) is 0 Å². The summed E-state index contributed by atoms with van der Waals surface area (Å²) in [6.07, 6.45) is 12.0. The molecule has 0 aliphatic heterocycles. The molecule has 0 heteroatoms. The van der Waals surface area contributed by atoms with Crippen LogP contribution in [0.1, 0.15) is 32.1 Å². The lowest BCUT2D eigenvalue weighted by Gasteiger charge is -2.19. The van der Waals surface area contributed by atoms with Crippen molar-refractivity contribution in [2.24, 2.45) is 11.8 Å². The topological polar surface area (TPSA) is 0 Å². The van der Waals surface area contributed by atoms with E-state index in [4.69, 9.17) is 0 Å². The Labute approximate surface area is 57.0 Å². The molecule has 2 aliphatic rings. The Balaban J connectivity index is 2.07. The molecule has 0 saturated heterocycles. The average molecular weight is 122 g/mol. The lowest BCUT2D eigenvalue weighted by molar-refractivity contribution is 0.380. The van der Waals surface area contributed by atoms with E-state index in [0.29, 0.717) is 0 Å². The minimum Gasteiger partial charge on any atom is -0.0882 e. The summed E-state index contributed by atoms with van der Waals surface area (Å²) in [5.74, 6) is 2.16. The number of hydrogen-bond acceptors (Lipinski definition) is 0. The fourth-order valence-electron chi connectivity index (χ4n) is 2.28. The molecule has 0 radical (unpaired) electrons. The van der Waals surface area contributed by atoms with Crippen LogP contribution in [0.25, 0.3) is 0 Å². The second-order valence-corrected chi connectivity index (χ2v) is 3.39. The first kappa shape index (κ1) is 5.52. The number of fused-ring (bicyclic) bond motifs is 1. The molecular formula is C9H14. The molecule has 0 nitrogen and oxygen atoms in total. The molecule has 50 valence electrons. The van der Waals surface area contributed by atoms with Gasteiger partial charge in [0.15, 0.2) is 0 Å². The van der Waals surface area contributed by atoms with E-state index >= 15 is 0 Å². The van der Waals surface area contributed by atoms with Gasteiger partial charge >= 0.3 is 0 Å². The molecule has 0 heterocycles. The summed E-state index contributed by atoms with van der Waals surface area (Å²) >= 11 is 0. The fraction of sp³-hybridized carbons (Fsp3) is 0.778. The van der Waals surface area contributed by atoms with Gasteiger partial charge < -0.3 is 0 Å². The second kappa shape index (κ2) is 2.17. The Bertz CT molecular complexity index is 110. The van der Waals surface area contributed by atoms with Gasteiger partial charge in [0.2, 0.25) is 0 Å². The number of allylic oxidation sites excluding steroid dienone is 2. The zero-order valence-corrected chi connectivity index (χ0v) is 5.84. The molecule has 2 aliphatic carbocycles. The van der Waals surface area contributed by atoms with Crippen LogP contribution in [0.3, 0.4) is 0 Å². The molecular weight excluding hydrogens is 108 g/mol. The third-order valence-corrected chi connectivity index (χ3v) is 2.86. The lowest BCUT2D eigenvalue weighted by Crippen LogP contribution is -2.08. The summed E-state index contributed by atoms with van der Waals surface area (Å²) in [7, 11) is 0. The van der Waals surface area contributed by atoms with Crippen molar-refractivity contribution in [2.75, 3.05) is 0 Å². The van der Waals surface area contributed by atoms with Crippen molar-refractivity contribution in [3.63, 3.8) is 0 Å². The SMILES string of the molecule is C1=CC[C@H]2CCC[C@H]2C1. The third kappa shape index (κ3) is 0.910. The van der Waals surface area contributed by atoms with Gasteiger partial charge in [-0.1, -0.05) is 18.6 Å². The molecule has 2 rings (SSSR count). The van der Waals surface area contributed by atoms with Crippen molar-refractivity contribution in [1.29, 1.82) is 0 Å². The first-order chi connectivity index (χ1) is 4.47. The first-order valence-electron chi connectivity index (χ1n) is 4.12. The molecule has 0 unspecified atom stereocenters. The van der Waals surface area contributed by atoms with Gasteiger partial charge in [0.1, 0.15) is 0 Å². The zero-order valence-electron chi connectivity index (χ0n) is 5.84. The molecule has 2 atom stereocenters. The van der Waals surface area contributed by atoms with Crippen molar-refractivity contribution in [3.05, 3.63) is 12.2 Å². The Morgan fingerprint density at radius 1 is 0.889 bits per heavy atom. The number of rotatable bonds is 0. The van der Waals surface area contributed by atoms with Crippen molar-refractivity contribution < 1.29 is 0 Å². The normalized spacial score (nSPS) is 40.9. The van der Waals surface area contributed by atoms with Crippen molar-refractivity contribution >= 4 is 0 Å². The molecule has 1 fully saturated rings. The zero-order chi connectivity index (χ0) is 6.10. The van der Waals surface area contributed by atoms with Crippen LogP contribution in [-0.2, 0) is 0 Å². The van der Waals surface area contributed by atoms with Crippen LogP contribution >= 0.6 is 0 Å². The van der Waals surface area contributed by atoms with E-state index in [2.05, 4.69) is 12.2 Å². The maximum absolute atomic E-state index is 2.37. The molecule has 0 spiro atoms. The smallest absolute Gasteiger partial charge is 0.0319 e. The van der Waals surface area contributed by atoms with Crippen molar-refractivity contribution in [1.82, 2.24) is 0 Å². The first-order valence-corrected chi connectivity index (χ1v) is 4.12. The Morgan fingerprint density at radius 3 is 2.00 bits per heavy atom. The van der Waals surface area contributed by atoms with Gasteiger partial charge in [0, 0.05) is 0 Å². The monoisotopic (exact) mass is 122 g/mol. The third-order valence-electron chi connectivity index (χ3n) is 2.86. The highest BCUT2D eigenvalue weighted by Crippen LogP contribution is 2.38. The van der Waals surface area contributed by atoms with Crippen LogP contribution < -0.4 is 0 Å². The predicted molar refractivity (Wildman–Crippen MR) is 39.2 cm³/mol. The molecule has 9 heavy (non-hydrogen) atoms. The Morgan fingerprint density at radius 2 is 1.44 bits per heavy atom. The van der Waals surface area contributed by atoms with E-state index in [9.17, 15) is 0 Å². The maximum Gasteiger partial charge on any atom is -0.0319 e. The van der Waals surface area contributed by atoms with E-state index in [0.717, 1.165) is 11.8 Å². The van der Waals surface area contributed by atoms with E-state index in [-0.39, 0.29) is 0 Å². The largest absolute Gasteiger partial charge is 0.0882 e. The maximum atomic E-state index is 2.37. The van der Waals surface area contributed by atoms with Crippen LogP contribution in [0, 0.1) is 11.8 Å². The lowest BCUT2D eigenvalue weighted by atomic mass is 9.86. The van der Waals surface area contributed by atoms with E-state index in [1.54, 1.807) is 0 Å². The average Bonchev–Trinajstić information content (AvgIpc) is 2.33. The summed E-state index contributed by atoms with van der Waals surface area (Å²) < 4.78 is 0. The summed E-state index contributed by atoms with van der Waals surface area (Å²) in [5, 5.41) is 0. The highest BCUT2D eigenvalue weighted by Gasteiger charge is 2.26. The molecule has 0 aromatic heterocycles. The van der Waals surface area contributed by atoms with Crippen LogP contribution in [-0.4, -0.2) is 0 Å². The van der Waals surface area contributed by atoms with Crippen LogP contribution in [0.2, 0.25) is 0 Å². The molecule has 0 bridgehead atoms. The quantitative estimate of drug-likeness (QED) is 0.433. The minimum atomic E-state index is 1.08. The second-order valence-electron chi connectivity index (χ2n) is 3.39.